The molecule has 2 aromatic carbocycles. The molecule has 7 heteroatoms. The van der Waals surface area contributed by atoms with Crippen LogP contribution in [0.4, 0.5) is 4.39 Å². The molecule has 0 N–H and O–H groups in total. The van der Waals surface area contributed by atoms with Gasteiger partial charge in [0.2, 0.25) is 0 Å². The van der Waals surface area contributed by atoms with E-state index < -0.39 is 0 Å². The summed E-state index contributed by atoms with van der Waals surface area (Å²) in [6, 6.07) is 14.8. The van der Waals surface area contributed by atoms with Gasteiger partial charge in [-0.05, 0) is 37.0 Å². The second kappa shape index (κ2) is 8.12. The first kappa shape index (κ1) is 18.8. The summed E-state index contributed by atoms with van der Waals surface area (Å²) in [5, 5.41) is 5.06. The fourth-order valence-corrected chi connectivity index (χ4v) is 3.22. The van der Waals surface area contributed by atoms with E-state index >= 15 is 0 Å². The highest BCUT2D eigenvalue weighted by atomic mass is 35.5. The highest BCUT2D eigenvalue weighted by Crippen LogP contribution is 2.20. The quantitative estimate of drug-likeness (QED) is 0.582. The van der Waals surface area contributed by atoms with E-state index in [4.69, 9.17) is 23.8 Å². The van der Waals surface area contributed by atoms with E-state index in [1.54, 1.807) is 16.8 Å². The number of aromatic nitrogens is 3. The van der Waals surface area contributed by atoms with Crippen molar-refractivity contribution in [1.82, 2.24) is 19.2 Å². The largest absolute Gasteiger partial charge is 0.307 e. The minimum Gasteiger partial charge on any atom is -0.307 e. The van der Waals surface area contributed by atoms with Crippen LogP contribution >= 0.6 is 23.8 Å². The summed E-state index contributed by atoms with van der Waals surface area (Å²) in [6.45, 7) is 0.823. The number of rotatable bonds is 6. The molecular formula is C19H20ClFN4S. The Balaban J connectivity index is 1.76. The lowest BCUT2D eigenvalue weighted by Gasteiger charge is -2.17. The van der Waals surface area contributed by atoms with Crippen molar-refractivity contribution in [3.05, 3.63) is 81.1 Å². The lowest BCUT2D eigenvalue weighted by Crippen LogP contribution is -2.23. The molecule has 1 heterocycles. The molecule has 0 unspecified atom stereocenters. The SMILES string of the molecule is CN(Cc1c(F)cccc1Cl)Cn1nc(Cc2ccccc2)n(C)c1=S. The Morgan fingerprint density at radius 1 is 1.15 bits per heavy atom. The van der Waals surface area contributed by atoms with E-state index in [-0.39, 0.29) is 5.82 Å². The average molecular weight is 391 g/mol. The van der Waals surface area contributed by atoms with Gasteiger partial charge in [-0.1, -0.05) is 48.0 Å². The van der Waals surface area contributed by atoms with Crippen LogP contribution < -0.4 is 0 Å². The Morgan fingerprint density at radius 3 is 2.58 bits per heavy atom. The summed E-state index contributed by atoms with van der Waals surface area (Å²) in [4.78, 5) is 1.93. The molecule has 0 saturated carbocycles. The lowest BCUT2D eigenvalue weighted by molar-refractivity contribution is 0.240. The second-order valence-electron chi connectivity index (χ2n) is 6.28. The van der Waals surface area contributed by atoms with Gasteiger partial charge in [0.1, 0.15) is 11.6 Å². The summed E-state index contributed by atoms with van der Waals surface area (Å²) in [5.41, 5.74) is 1.65. The van der Waals surface area contributed by atoms with Crippen LogP contribution in [0.5, 0.6) is 0 Å². The maximum atomic E-state index is 14.0. The number of nitrogens with zero attached hydrogens (tertiary/aromatic N) is 4. The Morgan fingerprint density at radius 2 is 1.88 bits per heavy atom. The van der Waals surface area contributed by atoms with Crippen molar-refractivity contribution in [2.45, 2.75) is 19.6 Å². The van der Waals surface area contributed by atoms with Gasteiger partial charge in [-0.15, -0.1) is 0 Å². The molecule has 1 aromatic heterocycles. The van der Waals surface area contributed by atoms with Crippen LogP contribution in [-0.2, 0) is 26.7 Å². The minimum atomic E-state index is -0.307. The molecule has 3 rings (SSSR count). The molecule has 0 spiro atoms. The van der Waals surface area contributed by atoms with Gasteiger partial charge in [-0.2, -0.15) is 5.10 Å². The zero-order valence-corrected chi connectivity index (χ0v) is 16.3. The van der Waals surface area contributed by atoms with Crippen LogP contribution in [0, 0.1) is 10.6 Å². The van der Waals surface area contributed by atoms with E-state index in [0.29, 0.717) is 35.0 Å². The number of hydrogen-bond donors (Lipinski definition) is 0. The molecule has 0 aliphatic heterocycles. The van der Waals surface area contributed by atoms with E-state index in [1.165, 1.54) is 11.6 Å². The zero-order valence-electron chi connectivity index (χ0n) is 14.7. The van der Waals surface area contributed by atoms with Crippen molar-refractivity contribution in [3.8, 4) is 0 Å². The number of hydrogen-bond acceptors (Lipinski definition) is 3. The summed E-state index contributed by atoms with van der Waals surface area (Å²) >= 11 is 11.6. The summed E-state index contributed by atoms with van der Waals surface area (Å²) in [5.74, 6) is 0.581. The van der Waals surface area contributed by atoms with Crippen LogP contribution in [-0.4, -0.2) is 26.3 Å². The number of halogens is 2. The van der Waals surface area contributed by atoms with Crippen LogP contribution in [0.15, 0.2) is 48.5 Å². The van der Waals surface area contributed by atoms with Gasteiger partial charge in [0.15, 0.2) is 4.77 Å². The van der Waals surface area contributed by atoms with Gasteiger partial charge in [-0.3, -0.25) is 4.90 Å². The third kappa shape index (κ3) is 4.20. The van der Waals surface area contributed by atoms with Crippen molar-refractivity contribution in [2.75, 3.05) is 7.05 Å². The molecule has 3 aromatic rings. The molecule has 0 aliphatic rings. The first-order chi connectivity index (χ1) is 12.5. The summed E-state index contributed by atoms with van der Waals surface area (Å²) in [7, 11) is 3.80. The molecule has 26 heavy (non-hydrogen) atoms. The third-order valence-electron chi connectivity index (χ3n) is 4.20. The van der Waals surface area contributed by atoms with Gasteiger partial charge < -0.3 is 4.57 Å². The molecule has 0 saturated heterocycles. The standard InChI is InChI=1S/C19H20ClFN4S/c1-23(12-15-16(20)9-6-10-17(15)21)13-25-19(26)24(2)18(22-25)11-14-7-4-3-5-8-14/h3-10H,11-13H2,1-2H3. The predicted molar refractivity (Wildman–Crippen MR) is 104 cm³/mol. The normalized spacial score (nSPS) is 11.3. The summed E-state index contributed by atoms with van der Waals surface area (Å²) < 4.78 is 18.3. The first-order valence-electron chi connectivity index (χ1n) is 8.23. The van der Waals surface area contributed by atoms with Gasteiger partial charge in [0, 0.05) is 30.6 Å². The molecule has 0 radical (unpaired) electrons. The average Bonchev–Trinajstić information content (AvgIpc) is 2.87. The molecule has 0 amide bonds. The Labute approximate surface area is 162 Å². The van der Waals surface area contributed by atoms with Crippen LogP contribution in [0.3, 0.4) is 0 Å². The maximum Gasteiger partial charge on any atom is 0.198 e. The molecule has 0 aliphatic carbocycles. The Kier molecular flexibility index (Phi) is 5.86. The van der Waals surface area contributed by atoms with Gasteiger partial charge in [0.05, 0.1) is 6.67 Å². The molecule has 0 bridgehead atoms. The Hall–Kier alpha value is -2.02. The highest BCUT2D eigenvalue weighted by molar-refractivity contribution is 7.71. The second-order valence-corrected chi connectivity index (χ2v) is 7.05. The molecular weight excluding hydrogens is 371 g/mol. The van der Waals surface area contributed by atoms with Crippen molar-refractivity contribution < 1.29 is 4.39 Å². The number of benzene rings is 2. The topological polar surface area (TPSA) is 26.0 Å². The van der Waals surface area contributed by atoms with Crippen molar-refractivity contribution in [2.24, 2.45) is 7.05 Å². The summed E-state index contributed by atoms with van der Waals surface area (Å²) in [6.07, 6.45) is 0.705. The van der Waals surface area contributed by atoms with E-state index in [0.717, 1.165) is 5.82 Å². The van der Waals surface area contributed by atoms with Crippen molar-refractivity contribution >= 4 is 23.8 Å². The van der Waals surface area contributed by atoms with E-state index in [1.807, 2.05) is 41.8 Å². The monoisotopic (exact) mass is 390 g/mol. The van der Waals surface area contributed by atoms with Gasteiger partial charge in [-0.25, -0.2) is 9.07 Å². The molecule has 0 fully saturated rings. The Bertz CT molecular complexity index is 932. The fraction of sp³-hybridized carbons (Fsp3) is 0.263. The highest BCUT2D eigenvalue weighted by Gasteiger charge is 2.13. The van der Waals surface area contributed by atoms with Gasteiger partial charge >= 0.3 is 0 Å². The van der Waals surface area contributed by atoms with E-state index in [9.17, 15) is 4.39 Å². The molecule has 4 nitrogen and oxygen atoms in total. The molecule has 136 valence electrons. The lowest BCUT2D eigenvalue weighted by atomic mass is 10.1. The van der Waals surface area contributed by atoms with Crippen LogP contribution in [0.1, 0.15) is 17.0 Å². The zero-order chi connectivity index (χ0) is 18.7. The van der Waals surface area contributed by atoms with E-state index in [2.05, 4.69) is 17.2 Å². The maximum absolute atomic E-state index is 14.0. The minimum absolute atomic E-state index is 0.307. The van der Waals surface area contributed by atoms with Crippen molar-refractivity contribution in [3.63, 3.8) is 0 Å². The van der Waals surface area contributed by atoms with Crippen molar-refractivity contribution in [1.29, 1.82) is 0 Å². The van der Waals surface area contributed by atoms with Crippen LogP contribution in [0.2, 0.25) is 5.02 Å². The van der Waals surface area contributed by atoms with Gasteiger partial charge in [0.25, 0.3) is 0 Å². The fourth-order valence-electron chi connectivity index (χ4n) is 2.79. The van der Waals surface area contributed by atoms with Crippen LogP contribution in [0.25, 0.3) is 0 Å². The predicted octanol–water partition coefficient (Wildman–Crippen LogP) is 4.42. The molecule has 0 atom stereocenters. The third-order valence-corrected chi connectivity index (χ3v) is 5.04. The smallest absolute Gasteiger partial charge is 0.198 e. The first-order valence-corrected chi connectivity index (χ1v) is 9.02.